The molecule has 1 aliphatic carbocycles. The minimum absolute atomic E-state index is 0.0404. The van der Waals surface area contributed by atoms with Gasteiger partial charge in [-0.3, -0.25) is 0 Å². The largest absolute Gasteiger partial charge is 0.455 e. The molecule has 0 saturated carbocycles. The second-order valence-corrected chi connectivity index (χ2v) is 14.8. The summed E-state index contributed by atoms with van der Waals surface area (Å²) >= 11 is 0. The Hall–Kier alpha value is -6.44. The van der Waals surface area contributed by atoms with Crippen LogP contribution in [0, 0.1) is 0 Å². The number of hydrogen-bond acceptors (Lipinski definition) is 1. The van der Waals surface area contributed by atoms with Crippen LogP contribution in [-0.2, 0) is 5.41 Å². The van der Waals surface area contributed by atoms with Crippen molar-refractivity contribution >= 4 is 54.3 Å². The van der Waals surface area contributed by atoms with Gasteiger partial charge in [-0.25, -0.2) is 0 Å². The van der Waals surface area contributed by atoms with E-state index < -0.39 is 0 Å². The number of benzene rings is 9. The summed E-state index contributed by atoms with van der Waals surface area (Å²) in [7, 11) is 0. The fraction of sp³-hybridized carbons (Fsp3) is 0.0588. The van der Waals surface area contributed by atoms with Gasteiger partial charge in [-0.1, -0.05) is 159 Å². The molecule has 0 amide bonds. The van der Waals surface area contributed by atoms with Gasteiger partial charge in [0.1, 0.15) is 11.2 Å². The Balaban J connectivity index is 1.07. The third-order valence-corrected chi connectivity index (χ3v) is 11.7. The fourth-order valence-electron chi connectivity index (χ4n) is 9.12. The molecule has 0 spiro atoms. The van der Waals surface area contributed by atoms with Gasteiger partial charge >= 0.3 is 0 Å². The third-order valence-electron chi connectivity index (χ3n) is 11.7. The van der Waals surface area contributed by atoms with E-state index in [1.54, 1.807) is 0 Å². The minimum atomic E-state index is -0.0404. The molecule has 11 rings (SSSR count). The van der Waals surface area contributed by atoms with Gasteiger partial charge in [0, 0.05) is 27.3 Å². The van der Waals surface area contributed by atoms with Crippen molar-refractivity contribution in [3.05, 3.63) is 181 Å². The van der Waals surface area contributed by atoms with E-state index >= 15 is 0 Å². The lowest BCUT2D eigenvalue weighted by Gasteiger charge is -2.22. The molecular weight excluding hydrogens is 629 g/mol. The molecule has 0 aliphatic heterocycles. The van der Waals surface area contributed by atoms with Gasteiger partial charge in [-0.05, 0) is 101 Å². The van der Waals surface area contributed by atoms with Crippen molar-refractivity contribution in [1.82, 2.24) is 0 Å². The molecule has 1 nitrogen and oxygen atoms in total. The van der Waals surface area contributed by atoms with Crippen LogP contribution in [-0.4, -0.2) is 0 Å². The molecule has 0 unspecified atom stereocenters. The number of rotatable bonds is 3. The summed E-state index contributed by atoms with van der Waals surface area (Å²) in [5.74, 6) is 0. The lowest BCUT2D eigenvalue weighted by atomic mass is 9.81. The molecule has 0 atom stereocenters. The number of furan rings is 1. The zero-order valence-corrected chi connectivity index (χ0v) is 29.1. The zero-order chi connectivity index (χ0) is 34.6. The van der Waals surface area contributed by atoms with Gasteiger partial charge in [0.05, 0.1) is 0 Å². The lowest BCUT2D eigenvalue weighted by Crippen LogP contribution is -2.14. The van der Waals surface area contributed by atoms with Crippen molar-refractivity contribution in [2.45, 2.75) is 19.3 Å². The van der Waals surface area contributed by atoms with Gasteiger partial charge < -0.3 is 4.42 Å². The highest BCUT2D eigenvalue weighted by atomic mass is 16.3. The van der Waals surface area contributed by atoms with Crippen LogP contribution >= 0.6 is 0 Å². The second-order valence-electron chi connectivity index (χ2n) is 14.8. The van der Waals surface area contributed by atoms with Gasteiger partial charge in [0.25, 0.3) is 0 Å². The van der Waals surface area contributed by atoms with Crippen LogP contribution in [0.3, 0.4) is 0 Å². The van der Waals surface area contributed by atoms with E-state index in [0.29, 0.717) is 0 Å². The molecule has 1 heterocycles. The van der Waals surface area contributed by atoms with Crippen LogP contribution in [0.1, 0.15) is 25.0 Å². The first kappa shape index (κ1) is 29.3. The van der Waals surface area contributed by atoms with Gasteiger partial charge in [0.2, 0.25) is 0 Å². The van der Waals surface area contributed by atoms with Crippen LogP contribution < -0.4 is 0 Å². The predicted octanol–water partition coefficient (Wildman–Crippen LogP) is 14.4. The normalized spacial score (nSPS) is 13.3. The highest BCUT2D eigenvalue weighted by Crippen LogP contribution is 2.51. The molecule has 1 heteroatoms. The van der Waals surface area contributed by atoms with Crippen molar-refractivity contribution in [2.75, 3.05) is 0 Å². The number of para-hydroxylation sites is 2. The molecule has 244 valence electrons. The maximum atomic E-state index is 6.58. The van der Waals surface area contributed by atoms with Crippen molar-refractivity contribution in [1.29, 1.82) is 0 Å². The minimum Gasteiger partial charge on any atom is -0.455 e. The maximum Gasteiger partial charge on any atom is 0.143 e. The molecule has 0 N–H and O–H groups in total. The monoisotopic (exact) mass is 662 g/mol. The summed E-state index contributed by atoms with van der Waals surface area (Å²) in [5.41, 5.74) is 14.6. The summed E-state index contributed by atoms with van der Waals surface area (Å²) in [4.78, 5) is 0. The number of hydrogen-bond donors (Lipinski definition) is 0. The molecule has 0 bridgehead atoms. The Morgan fingerprint density at radius 3 is 1.62 bits per heavy atom. The molecular formula is C51H34O. The Labute approximate surface area is 302 Å². The quantitative estimate of drug-likeness (QED) is 0.172. The summed E-state index contributed by atoms with van der Waals surface area (Å²) < 4.78 is 6.58. The summed E-state index contributed by atoms with van der Waals surface area (Å²) in [6.45, 7) is 4.72. The Morgan fingerprint density at radius 2 is 0.904 bits per heavy atom. The molecule has 52 heavy (non-hydrogen) atoms. The van der Waals surface area contributed by atoms with Crippen molar-refractivity contribution in [3.63, 3.8) is 0 Å². The summed E-state index contributed by atoms with van der Waals surface area (Å²) in [6, 6.07) is 62.4. The molecule has 1 aliphatic rings. The zero-order valence-electron chi connectivity index (χ0n) is 29.1. The molecule has 1 aromatic heterocycles. The van der Waals surface area contributed by atoms with E-state index in [2.05, 4.69) is 178 Å². The molecule has 9 aromatic carbocycles. The van der Waals surface area contributed by atoms with Crippen LogP contribution in [0.25, 0.3) is 98.8 Å². The summed E-state index contributed by atoms with van der Waals surface area (Å²) in [5, 5.41) is 9.81. The van der Waals surface area contributed by atoms with Crippen molar-refractivity contribution in [2.24, 2.45) is 0 Å². The Bertz CT molecular complexity index is 3030. The second kappa shape index (κ2) is 10.8. The van der Waals surface area contributed by atoms with Crippen LogP contribution in [0.5, 0.6) is 0 Å². The molecule has 0 radical (unpaired) electrons. The van der Waals surface area contributed by atoms with Crippen molar-refractivity contribution in [3.8, 4) is 44.5 Å². The highest BCUT2D eigenvalue weighted by molar-refractivity contribution is 6.24. The average Bonchev–Trinajstić information content (AvgIpc) is 3.68. The van der Waals surface area contributed by atoms with Gasteiger partial charge in [0.15, 0.2) is 0 Å². The van der Waals surface area contributed by atoms with E-state index in [9.17, 15) is 0 Å². The molecule has 0 saturated heterocycles. The molecule has 0 fully saturated rings. The number of fused-ring (bicyclic) bond motifs is 9. The first-order valence-electron chi connectivity index (χ1n) is 18.2. The third kappa shape index (κ3) is 4.11. The van der Waals surface area contributed by atoms with Crippen LogP contribution in [0.15, 0.2) is 174 Å². The van der Waals surface area contributed by atoms with E-state index in [1.807, 2.05) is 6.07 Å². The van der Waals surface area contributed by atoms with E-state index in [0.717, 1.165) is 27.5 Å². The van der Waals surface area contributed by atoms with E-state index in [4.69, 9.17) is 4.42 Å². The smallest absolute Gasteiger partial charge is 0.143 e. The summed E-state index contributed by atoms with van der Waals surface area (Å²) in [6.07, 6.45) is 0. The Morgan fingerprint density at radius 1 is 0.365 bits per heavy atom. The maximum absolute atomic E-state index is 6.58. The standard InChI is InChI=1S/C51H34O/c1-51(2)45-27-26-35(29-43(45)44-28-33-12-3-4-13-34(33)30-46(44)51)31-22-24-32(25-23-31)48-37-15-5-7-17-39(37)49(40-18-8-6-16-38(40)48)42-20-11-19-41-36-14-9-10-21-47(36)52-50(41)42/h3-30H,1-2H3. The highest BCUT2D eigenvalue weighted by Gasteiger charge is 2.35. The Kier molecular flexibility index (Phi) is 6.08. The van der Waals surface area contributed by atoms with Crippen LogP contribution in [0.4, 0.5) is 0 Å². The first-order valence-corrected chi connectivity index (χ1v) is 18.2. The lowest BCUT2D eigenvalue weighted by molar-refractivity contribution is 0.661. The topological polar surface area (TPSA) is 13.1 Å². The predicted molar refractivity (Wildman–Crippen MR) is 220 cm³/mol. The molecule has 10 aromatic rings. The first-order chi connectivity index (χ1) is 25.5. The van der Waals surface area contributed by atoms with Crippen LogP contribution in [0.2, 0.25) is 0 Å². The fourth-order valence-corrected chi connectivity index (χ4v) is 9.12. The van der Waals surface area contributed by atoms with Gasteiger partial charge in [-0.2, -0.15) is 0 Å². The van der Waals surface area contributed by atoms with Crippen molar-refractivity contribution < 1.29 is 4.42 Å². The average molecular weight is 663 g/mol. The van der Waals surface area contributed by atoms with E-state index in [-0.39, 0.29) is 5.41 Å². The van der Waals surface area contributed by atoms with Gasteiger partial charge in [-0.15, -0.1) is 0 Å². The SMILES string of the molecule is CC1(C)c2ccc(-c3ccc(-c4c5ccccc5c(-c5cccc6c5oc5ccccc56)c5ccccc45)cc3)cc2-c2cc3ccccc3cc21. The van der Waals surface area contributed by atoms with E-state index in [1.165, 1.54) is 82.4 Å².